The summed E-state index contributed by atoms with van der Waals surface area (Å²) in [5, 5.41) is 8.65. The van der Waals surface area contributed by atoms with Gasteiger partial charge in [0.1, 0.15) is 0 Å². The Morgan fingerprint density at radius 1 is 1.56 bits per heavy atom. The van der Waals surface area contributed by atoms with Gasteiger partial charge < -0.3 is 15.6 Å². The van der Waals surface area contributed by atoms with Gasteiger partial charge in [-0.1, -0.05) is 0 Å². The average Bonchev–Trinajstić information content (AvgIpc) is 2.19. The van der Waals surface area contributed by atoms with E-state index >= 15 is 0 Å². The summed E-state index contributed by atoms with van der Waals surface area (Å²) in [4.78, 5) is 14.2. The smallest absolute Gasteiger partial charge is 0.481 e. The summed E-state index contributed by atoms with van der Waals surface area (Å²) >= 11 is 0. The highest BCUT2D eigenvalue weighted by atomic mass is 19.4. The molecular formula is C10H11F3N2O3. The molecule has 5 nitrogen and oxygen atoms in total. The minimum atomic E-state index is -4.85. The van der Waals surface area contributed by atoms with Gasteiger partial charge in [-0.3, -0.25) is 4.79 Å². The quantitative estimate of drug-likeness (QED) is 0.857. The SMILES string of the molecule is Cc1cc(CC(=O)O)c(CN)nc1OC(F)(F)F. The number of carbonyl (C=O) groups is 1. The van der Waals surface area contributed by atoms with E-state index in [1.807, 2.05) is 0 Å². The predicted molar refractivity (Wildman–Crippen MR) is 54.9 cm³/mol. The Labute approximate surface area is 100 Å². The van der Waals surface area contributed by atoms with E-state index in [1.54, 1.807) is 0 Å². The Morgan fingerprint density at radius 2 is 2.17 bits per heavy atom. The maximum absolute atomic E-state index is 12.1. The van der Waals surface area contributed by atoms with E-state index in [-0.39, 0.29) is 29.8 Å². The van der Waals surface area contributed by atoms with Gasteiger partial charge in [0.15, 0.2) is 0 Å². The van der Waals surface area contributed by atoms with Crippen molar-refractivity contribution in [3.63, 3.8) is 0 Å². The van der Waals surface area contributed by atoms with Gasteiger partial charge >= 0.3 is 12.3 Å². The number of aryl methyl sites for hydroxylation is 1. The number of carboxylic acid groups (broad SMARTS) is 1. The minimum Gasteiger partial charge on any atom is -0.481 e. The van der Waals surface area contributed by atoms with Crippen molar-refractivity contribution in [1.29, 1.82) is 0 Å². The Balaban J connectivity index is 3.13. The standard InChI is InChI=1S/C10H11F3N2O3/c1-5-2-6(3-8(16)17)7(4-14)15-9(5)18-10(11,12)13/h2H,3-4,14H2,1H3,(H,16,17). The molecule has 0 amide bonds. The number of alkyl halides is 3. The Hall–Kier alpha value is -1.83. The van der Waals surface area contributed by atoms with Crippen molar-refractivity contribution in [3.8, 4) is 5.88 Å². The molecule has 0 radical (unpaired) electrons. The van der Waals surface area contributed by atoms with Crippen LogP contribution in [-0.2, 0) is 17.8 Å². The number of ether oxygens (including phenoxy) is 1. The third kappa shape index (κ3) is 3.88. The number of nitrogens with two attached hydrogens (primary N) is 1. The van der Waals surface area contributed by atoms with Crippen LogP contribution in [0.25, 0.3) is 0 Å². The first-order valence-corrected chi connectivity index (χ1v) is 4.90. The highest BCUT2D eigenvalue weighted by molar-refractivity contribution is 5.70. The van der Waals surface area contributed by atoms with E-state index in [9.17, 15) is 18.0 Å². The number of pyridine rings is 1. The van der Waals surface area contributed by atoms with Gasteiger partial charge in [-0.2, -0.15) is 0 Å². The van der Waals surface area contributed by atoms with Gasteiger partial charge in [-0.15, -0.1) is 13.2 Å². The number of rotatable bonds is 4. The van der Waals surface area contributed by atoms with Gasteiger partial charge in [0.25, 0.3) is 0 Å². The van der Waals surface area contributed by atoms with Gasteiger partial charge in [-0.05, 0) is 18.6 Å². The molecule has 1 rings (SSSR count). The summed E-state index contributed by atoms with van der Waals surface area (Å²) in [6, 6.07) is 1.28. The lowest BCUT2D eigenvalue weighted by Gasteiger charge is -2.13. The molecule has 1 aromatic heterocycles. The van der Waals surface area contributed by atoms with E-state index in [0.717, 1.165) is 0 Å². The molecule has 18 heavy (non-hydrogen) atoms. The topological polar surface area (TPSA) is 85.4 Å². The summed E-state index contributed by atoms with van der Waals surface area (Å²) in [5.74, 6) is -1.73. The van der Waals surface area contributed by atoms with Crippen molar-refractivity contribution >= 4 is 5.97 Å². The minimum absolute atomic E-state index is 0.0715. The number of aromatic nitrogens is 1. The fourth-order valence-electron chi connectivity index (χ4n) is 1.39. The molecular weight excluding hydrogens is 253 g/mol. The maximum Gasteiger partial charge on any atom is 0.574 e. The van der Waals surface area contributed by atoms with Crippen LogP contribution in [0.4, 0.5) is 13.2 Å². The van der Waals surface area contributed by atoms with Gasteiger partial charge in [-0.25, -0.2) is 4.98 Å². The molecule has 0 aliphatic rings. The third-order valence-electron chi connectivity index (χ3n) is 2.08. The maximum atomic E-state index is 12.1. The first-order chi connectivity index (χ1) is 8.23. The molecule has 100 valence electrons. The van der Waals surface area contributed by atoms with E-state index in [1.165, 1.54) is 13.0 Å². The lowest BCUT2D eigenvalue weighted by atomic mass is 10.1. The second kappa shape index (κ2) is 5.21. The predicted octanol–water partition coefficient (Wildman–Crippen LogP) is 1.37. The Kier molecular flexibility index (Phi) is 4.12. The third-order valence-corrected chi connectivity index (χ3v) is 2.08. The van der Waals surface area contributed by atoms with Crippen LogP contribution in [0.2, 0.25) is 0 Å². The molecule has 0 saturated heterocycles. The summed E-state index contributed by atoms with van der Waals surface area (Å²) < 4.78 is 40.0. The van der Waals surface area contributed by atoms with Crippen LogP contribution in [0.1, 0.15) is 16.8 Å². The summed E-state index contributed by atoms with van der Waals surface area (Å²) in [6.07, 6.45) is -5.20. The van der Waals surface area contributed by atoms with Crippen molar-refractivity contribution in [2.75, 3.05) is 0 Å². The first kappa shape index (κ1) is 14.2. The van der Waals surface area contributed by atoms with Crippen LogP contribution in [0.3, 0.4) is 0 Å². The second-order valence-electron chi connectivity index (χ2n) is 3.54. The number of hydrogen-bond donors (Lipinski definition) is 2. The van der Waals surface area contributed by atoms with E-state index in [4.69, 9.17) is 10.8 Å². The molecule has 3 N–H and O–H groups in total. The number of hydrogen-bond acceptors (Lipinski definition) is 4. The number of halogens is 3. The van der Waals surface area contributed by atoms with Crippen molar-refractivity contribution < 1.29 is 27.8 Å². The first-order valence-electron chi connectivity index (χ1n) is 4.90. The summed E-state index contributed by atoms with van der Waals surface area (Å²) in [6.45, 7) is 1.18. The molecule has 0 bridgehead atoms. The van der Waals surface area contributed by atoms with Gasteiger partial charge in [0, 0.05) is 12.1 Å². The molecule has 0 fully saturated rings. The lowest BCUT2D eigenvalue weighted by Crippen LogP contribution is -2.20. The molecule has 0 aromatic carbocycles. The number of carboxylic acids is 1. The van der Waals surface area contributed by atoms with Crippen LogP contribution >= 0.6 is 0 Å². The van der Waals surface area contributed by atoms with Crippen LogP contribution in [0, 0.1) is 6.92 Å². The zero-order valence-corrected chi connectivity index (χ0v) is 9.41. The number of aliphatic carboxylic acids is 1. The zero-order chi connectivity index (χ0) is 13.9. The monoisotopic (exact) mass is 264 g/mol. The van der Waals surface area contributed by atoms with E-state index in [0.29, 0.717) is 0 Å². The highest BCUT2D eigenvalue weighted by Gasteiger charge is 2.32. The van der Waals surface area contributed by atoms with Crippen molar-refractivity contribution in [2.45, 2.75) is 26.3 Å². The summed E-state index contributed by atoms with van der Waals surface area (Å²) in [7, 11) is 0. The van der Waals surface area contributed by atoms with Crippen molar-refractivity contribution in [2.24, 2.45) is 5.73 Å². The molecule has 1 heterocycles. The number of nitrogens with zero attached hydrogens (tertiary/aromatic N) is 1. The second-order valence-corrected chi connectivity index (χ2v) is 3.54. The molecule has 0 unspecified atom stereocenters. The molecule has 8 heteroatoms. The molecule has 0 atom stereocenters. The van der Waals surface area contributed by atoms with Crippen LogP contribution < -0.4 is 10.5 Å². The van der Waals surface area contributed by atoms with E-state index in [2.05, 4.69) is 9.72 Å². The van der Waals surface area contributed by atoms with Crippen LogP contribution in [0.15, 0.2) is 6.07 Å². The molecule has 0 aliphatic heterocycles. The fraction of sp³-hybridized carbons (Fsp3) is 0.400. The zero-order valence-electron chi connectivity index (χ0n) is 9.41. The van der Waals surface area contributed by atoms with Crippen molar-refractivity contribution in [1.82, 2.24) is 4.98 Å². The molecule has 1 aromatic rings. The Bertz CT molecular complexity index is 460. The lowest BCUT2D eigenvalue weighted by molar-refractivity contribution is -0.276. The van der Waals surface area contributed by atoms with Crippen LogP contribution in [-0.4, -0.2) is 22.4 Å². The molecule has 0 saturated carbocycles. The summed E-state index contributed by atoms with van der Waals surface area (Å²) in [5.41, 5.74) is 5.76. The highest BCUT2D eigenvalue weighted by Crippen LogP contribution is 2.26. The Morgan fingerprint density at radius 3 is 2.61 bits per heavy atom. The van der Waals surface area contributed by atoms with Gasteiger partial charge in [0.05, 0.1) is 12.1 Å². The molecule has 0 spiro atoms. The van der Waals surface area contributed by atoms with E-state index < -0.39 is 18.2 Å². The molecule has 0 aliphatic carbocycles. The fourth-order valence-corrected chi connectivity index (χ4v) is 1.39. The van der Waals surface area contributed by atoms with Crippen molar-refractivity contribution in [3.05, 3.63) is 22.9 Å². The largest absolute Gasteiger partial charge is 0.574 e. The van der Waals surface area contributed by atoms with Gasteiger partial charge in [0.2, 0.25) is 5.88 Å². The average molecular weight is 264 g/mol. The normalized spacial score (nSPS) is 11.4. The van der Waals surface area contributed by atoms with Crippen LogP contribution in [0.5, 0.6) is 5.88 Å².